The van der Waals surface area contributed by atoms with E-state index in [1.54, 1.807) is 6.07 Å². The smallest absolute Gasteiger partial charge is 0.337 e. The molecule has 0 atom stereocenters. The minimum absolute atomic E-state index is 0.0514. The Kier molecular flexibility index (Phi) is 5.20. The van der Waals surface area contributed by atoms with Gasteiger partial charge in [0.05, 0.1) is 35.4 Å². The summed E-state index contributed by atoms with van der Waals surface area (Å²) < 4.78 is 37.4. The molecule has 0 saturated carbocycles. The second-order valence-corrected chi connectivity index (χ2v) is 6.74. The molecule has 128 valence electrons. The standard InChI is InChI=1S/C15H14ClNO6S/c1-22-10-5-9(6-11(7-10)23-2)17-24(20,21)12-3-4-14(16)13(8-12)15(18)19/h3-8,17H,1-2H3,(H,18,19). The van der Waals surface area contributed by atoms with Crippen LogP contribution in [0.4, 0.5) is 5.69 Å². The van der Waals surface area contributed by atoms with Crippen LogP contribution >= 0.6 is 11.6 Å². The molecular formula is C15H14ClNO6S. The molecule has 0 aromatic heterocycles. The second-order valence-electron chi connectivity index (χ2n) is 4.65. The molecule has 2 rings (SSSR count). The third-order valence-electron chi connectivity index (χ3n) is 3.08. The summed E-state index contributed by atoms with van der Waals surface area (Å²) in [5, 5.41) is 9.00. The van der Waals surface area contributed by atoms with Gasteiger partial charge in [-0.2, -0.15) is 0 Å². The number of anilines is 1. The highest BCUT2D eigenvalue weighted by atomic mass is 35.5. The quantitative estimate of drug-likeness (QED) is 0.809. The van der Waals surface area contributed by atoms with Crippen molar-refractivity contribution in [2.75, 3.05) is 18.9 Å². The molecule has 0 aliphatic rings. The first-order valence-corrected chi connectivity index (χ1v) is 8.41. The molecule has 0 aliphatic carbocycles. The van der Waals surface area contributed by atoms with Gasteiger partial charge in [-0.1, -0.05) is 11.6 Å². The van der Waals surface area contributed by atoms with Gasteiger partial charge in [-0.05, 0) is 18.2 Å². The zero-order valence-corrected chi connectivity index (χ0v) is 14.3. The lowest BCUT2D eigenvalue weighted by molar-refractivity contribution is 0.0697. The summed E-state index contributed by atoms with van der Waals surface area (Å²) >= 11 is 5.75. The Bertz CT molecular complexity index is 859. The lowest BCUT2D eigenvalue weighted by Crippen LogP contribution is -2.14. The Morgan fingerprint density at radius 1 is 1.08 bits per heavy atom. The molecule has 7 nitrogen and oxygen atoms in total. The highest BCUT2D eigenvalue weighted by Crippen LogP contribution is 2.28. The van der Waals surface area contributed by atoms with Gasteiger partial charge in [-0.3, -0.25) is 4.72 Å². The highest BCUT2D eigenvalue weighted by molar-refractivity contribution is 7.92. The molecule has 0 radical (unpaired) electrons. The lowest BCUT2D eigenvalue weighted by atomic mass is 10.2. The number of hydrogen-bond acceptors (Lipinski definition) is 5. The van der Waals surface area contributed by atoms with Crippen molar-refractivity contribution >= 4 is 33.3 Å². The van der Waals surface area contributed by atoms with E-state index >= 15 is 0 Å². The molecule has 0 bridgehead atoms. The molecule has 0 saturated heterocycles. The summed E-state index contributed by atoms with van der Waals surface area (Å²) in [5.74, 6) is -0.524. The average Bonchev–Trinajstić information content (AvgIpc) is 2.53. The van der Waals surface area contributed by atoms with Gasteiger partial charge in [0.1, 0.15) is 11.5 Å². The topological polar surface area (TPSA) is 102 Å². The van der Waals surface area contributed by atoms with Crippen LogP contribution in [-0.4, -0.2) is 33.7 Å². The van der Waals surface area contributed by atoms with Crippen LogP contribution in [0.1, 0.15) is 10.4 Å². The third kappa shape index (κ3) is 3.90. The monoisotopic (exact) mass is 371 g/mol. The number of halogens is 1. The first-order chi connectivity index (χ1) is 11.3. The summed E-state index contributed by atoms with van der Waals surface area (Å²) in [6.07, 6.45) is 0. The van der Waals surface area contributed by atoms with E-state index in [1.807, 2.05) is 0 Å². The van der Waals surface area contributed by atoms with Gasteiger partial charge >= 0.3 is 5.97 Å². The first-order valence-electron chi connectivity index (χ1n) is 6.55. The van der Waals surface area contributed by atoms with Crippen LogP contribution in [0.5, 0.6) is 11.5 Å². The van der Waals surface area contributed by atoms with Crippen LogP contribution in [-0.2, 0) is 10.0 Å². The zero-order valence-electron chi connectivity index (χ0n) is 12.7. The molecule has 0 amide bonds. The summed E-state index contributed by atoms with van der Waals surface area (Å²) in [5.41, 5.74) is -0.0965. The van der Waals surface area contributed by atoms with Gasteiger partial charge in [-0.15, -0.1) is 0 Å². The molecule has 9 heteroatoms. The van der Waals surface area contributed by atoms with Crippen molar-refractivity contribution in [3.8, 4) is 11.5 Å². The second kappa shape index (κ2) is 6.98. The van der Waals surface area contributed by atoms with Crippen LogP contribution in [0, 0.1) is 0 Å². The number of carboxylic acid groups (broad SMARTS) is 1. The summed E-state index contributed by atoms with van der Waals surface area (Å²) in [4.78, 5) is 10.9. The SMILES string of the molecule is COc1cc(NS(=O)(=O)c2ccc(Cl)c(C(=O)O)c2)cc(OC)c1. The van der Waals surface area contributed by atoms with Crippen molar-refractivity contribution in [1.82, 2.24) is 0 Å². The predicted octanol–water partition coefficient (Wildman–Crippen LogP) is 2.86. The van der Waals surface area contributed by atoms with Crippen molar-refractivity contribution in [2.24, 2.45) is 0 Å². The number of sulfonamides is 1. The van der Waals surface area contributed by atoms with Crippen LogP contribution in [0.2, 0.25) is 5.02 Å². The van der Waals surface area contributed by atoms with Crippen LogP contribution in [0.3, 0.4) is 0 Å². The molecule has 0 heterocycles. The van der Waals surface area contributed by atoms with E-state index in [4.69, 9.17) is 26.2 Å². The van der Waals surface area contributed by atoms with Gasteiger partial charge in [0.25, 0.3) is 10.0 Å². The number of ether oxygens (including phenoxy) is 2. The Morgan fingerprint density at radius 3 is 2.17 bits per heavy atom. The molecule has 0 unspecified atom stereocenters. The Morgan fingerprint density at radius 2 is 1.67 bits per heavy atom. The molecule has 2 aromatic carbocycles. The highest BCUT2D eigenvalue weighted by Gasteiger charge is 2.19. The Labute approximate surface area is 143 Å². The predicted molar refractivity (Wildman–Crippen MR) is 88.8 cm³/mol. The van der Waals surface area contributed by atoms with E-state index in [0.29, 0.717) is 11.5 Å². The largest absolute Gasteiger partial charge is 0.497 e. The van der Waals surface area contributed by atoms with Crippen LogP contribution in [0.25, 0.3) is 0 Å². The maximum Gasteiger partial charge on any atom is 0.337 e. The molecule has 2 N–H and O–H groups in total. The number of carboxylic acids is 1. The lowest BCUT2D eigenvalue weighted by Gasteiger charge is -2.12. The van der Waals surface area contributed by atoms with Crippen molar-refractivity contribution < 1.29 is 27.8 Å². The number of carbonyl (C=O) groups is 1. The number of benzene rings is 2. The molecule has 0 fully saturated rings. The third-order valence-corrected chi connectivity index (χ3v) is 4.79. The number of rotatable bonds is 6. The molecule has 0 spiro atoms. The zero-order chi connectivity index (χ0) is 17.9. The fourth-order valence-electron chi connectivity index (χ4n) is 1.92. The Hall–Kier alpha value is -2.45. The van der Waals surface area contributed by atoms with Crippen LogP contribution < -0.4 is 14.2 Å². The minimum Gasteiger partial charge on any atom is -0.497 e. The molecule has 2 aromatic rings. The fraction of sp³-hybridized carbons (Fsp3) is 0.133. The van der Waals surface area contributed by atoms with E-state index in [9.17, 15) is 13.2 Å². The van der Waals surface area contributed by atoms with Crippen molar-refractivity contribution in [3.63, 3.8) is 0 Å². The summed E-state index contributed by atoms with van der Waals surface area (Å²) in [6, 6.07) is 7.94. The molecular weight excluding hydrogens is 358 g/mol. The van der Waals surface area contributed by atoms with E-state index < -0.39 is 16.0 Å². The number of hydrogen-bond donors (Lipinski definition) is 2. The number of nitrogens with one attached hydrogen (secondary N) is 1. The van der Waals surface area contributed by atoms with Gasteiger partial charge in [0.2, 0.25) is 0 Å². The van der Waals surface area contributed by atoms with Gasteiger partial charge < -0.3 is 14.6 Å². The minimum atomic E-state index is -4.02. The van der Waals surface area contributed by atoms with E-state index in [1.165, 1.54) is 38.5 Å². The molecule has 0 aliphatic heterocycles. The number of methoxy groups -OCH3 is 2. The van der Waals surface area contributed by atoms with Gasteiger partial charge in [-0.25, -0.2) is 13.2 Å². The van der Waals surface area contributed by atoms with Crippen molar-refractivity contribution in [1.29, 1.82) is 0 Å². The summed E-state index contributed by atoms with van der Waals surface area (Å²) in [7, 11) is -1.15. The van der Waals surface area contributed by atoms with Gasteiger partial charge in [0.15, 0.2) is 0 Å². The van der Waals surface area contributed by atoms with Crippen LogP contribution in [0.15, 0.2) is 41.3 Å². The first kappa shape index (κ1) is 17.9. The Balaban J connectivity index is 2.42. The molecule has 24 heavy (non-hydrogen) atoms. The maximum atomic E-state index is 12.5. The normalized spacial score (nSPS) is 11.0. The van der Waals surface area contributed by atoms with Crippen molar-refractivity contribution in [3.05, 3.63) is 47.0 Å². The average molecular weight is 372 g/mol. The fourth-order valence-corrected chi connectivity index (χ4v) is 3.18. The van der Waals surface area contributed by atoms with Gasteiger partial charge in [0, 0.05) is 18.2 Å². The maximum absolute atomic E-state index is 12.5. The van der Waals surface area contributed by atoms with E-state index in [0.717, 1.165) is 6.07 Å². The van der Waals surface area contributed by atoms with Crippen molar-refractivity contribution in [2.45, 2.75) is 4.90 Å². The number of aromatic carboxylic acids is 1. The summed E-state index contributed by atoms with van der Waals surface area (Å²) in [6.45, 7) is 0. The van der Waals surface area contributed by atoms with E-state index in [2.05, 4.69) is 4.72 Å². The van der Waals surface area contributed by atoms with E-state index in [-0.39, 0.29) is 21.2 Å².